The van der Waals surface area contributed by atoms with Crippen molar-refractivity contribution in [2.75, 3.05) is 0 Å². The Morgan fingerprint density at radius 3 is 2.06 bits per heavy atom. The van der Waals surface area contributed by atoms with Crippen LogP contribution in [0.25, 0.3) is 0 Å². The Labute approximate surface area is 110 Å². The molecule has 3 heteroatoms. The standard InChI is InChI=1S/C15H21BO2/c1-12(11-13-9-7-6-8-10-13)16-17-14(2,3)15(4,5)18-16/h6-10H,1,11H2,2-5H3. The average molecular weight is 244 g/mol. The lowest BCUT2D eigenvalue weighted by Gasteiger charge is -2.32. The molecule has 0 aromatic heterocycles. The molecule has 0 amide bonds. The molecule has 0 radical (unpaired) electrons. The lowest BCUT2D eigenvalue weighted by Crippen LogP contribution is -2.41. The van der Waals surface area contributed by atoms with E-state index < -0.39 is 0 Å². The normalized spacial score (nSPS) is 21.0. The molecule has 0 N–H and O–H groups in total. The van der Waals surface area contributed by atoms with E-state index in [2.05, 4.69) is 46.4 Å². The van der Waals surface area contributed by atoms with Gasteiger partial charge in [0.1, 0.15) is 0 Å². The lowest BCUT2D eigenvalue weighted by molar-refractivity contribution is 0.00578. The zero-order chi connectivity index (χ0) is 13.4. The smallest absolute Gasteiger partial charge is 0.400 e. The number of benzene rings is 1. The van der Waals surface area contributed by atoms with Crippen molar-refractivity contribution in [3.63, 3.8) is 0 Å². The van der Waals surface area contributed by atoms with Gasteiger partial charge in [0.25, 0.3) is 0 Å². The topological polar surface area (TPSA) is 18.5 Å². The first-order valence-electron chi connectivity index (χ1n) is 6.39. The molecule has 0 saturated carbocycles. The molecule has 1 fully saturated rings. The SMILES string of the molecule is C=C(Cc1ccccc1)B1OC(C)(C)C(C)(C)O1. The van der Waals surface area contributed by atoms with Gasteiger partial charge in [-0.05, 0) is 45.2 Å². The molecule has 18 heavy (non-hydrogen) atoms. The fraction of sp³-hybridized carbons (Fsp3) is 0.467. The van der Waals surface area contributed by atoms with Gasteiger partial charge >= 0.3 is 7.12 Å². The van der Waals surface area contributed by atoms with Crippen molar-refractivity contribution in [3.8, 4) is 0 Å². The van der Waals surface area contributed by atoms with Crippen LogP contribution in [0.3, 0.4) is 0 Å². The average Bonchev–Trinajstić information content (AvgIpc) is 2.50. The minimum absolute atomic E-state index is 0.294. The van der Waals surface area contributed by atoms with E-state index in [1.165, 1.54) is 5.56 Å². The highest BCUT2D eigenvalue weighted by molar-refractivity contribution is 6.54. The van der Waals surface area contributed by atoms with Gasteiger partial charge in [0.05, 0.1) is 11.2 Å². The van der Waals surface area contributed by atoms with Crippen LogP contribution in [0.4, 0.5) is 0 Å². The van der Waals surface area contributed by atoms with Gasteiger partial charge in [-0.25, -0.2) is 0 Å². The van der Waals surface area contributed by atoms with Crippen molar-refractivity contribution in [1.82, 2.24) is 0 Å². The minimum Gasteiger partial charge on any atom is -0.400 e. The Bertz CT molecular complexity index is 421. The molecule has 1 aromatic rings. The first-order chi connectivity index (χ1) is 8.32. The molecule has 1 aliphatic rings. The van der Waals surface area contributed by atoms with Crippen LogP contribution in [0, 0.1) is 0 Å². The van der Waals surface area contributed by atoms with Gasteiger partial charge in [-0.15, -0.1) is 6.58 Å². The second-order valence-corrected chi connectivity index (χ2v) is 5.91. The molecule has 0 unspecified atom stereocenters. The molecule has 0 bridgehead atoms. The van der Waals surface area contributed by atoms with E-state index in [1.807, 2.05) is 18.2 Å². The molecule has 96 valence electrons. The van der Waals surface area contributed by atoms with Crippen molar-refractivity contribution < 1.29 is 9.31 Å². The second kappa shape index (κ2) is 4.56. The maximum Gasteiger partial charge on any atom is 0.490 e. The number of hydrogen-bond donors (Lipinski definition) is 0. The number of hydrogen-bond acceptors (Lipinski definition) is 2. The third kappa shape index (κ3) is 2.52. The predicted molar refractivity (Wildman–Crippen MR) is 75.4 cm³/mol. The second-order valence-electron chi connectivity index (χ2n) is 5.91. The minimum atomic E-state index is -0.310. The maximum absolute atomic E-state index is 5.98. The summed E-state index contributed by atoms with van der Waals surface area (Å²) in [5, 5.41) is 0. The van der Waals surface area contributed by atoms with Crippen molar-refractivity contribution >= 4 is 7.12 Å². The van der Waals surface area contributed by atoms with E-state index in [9.17, 15) is 0 Å². The molecular weight excluding hydrogens is 223 g/mol. The van der Waals surface area contributed by atoms with Crippen LogP contribution >= 0.6 is 0 Å². The van der Waals surface area contributed by atoms with Crippen LogP contribution in [0.5, 0.6) is 0 Å². The summed E-state index contributed by atoms with van der Waals surface area (Å²) in [4.78, 5) is 0. The molecular formula is C15H21BO2. The Morgan fingerprint density at radius 1 is 1.06 bits per heavy atom. The summed E-state index contributed by atoms with van der Waals surface area (Å²) in [5.74, 6) is 0. The molecule has 1 aromatic carbocycles. The van der Waals surface area contributed by atoms with Crippen LogP contribution in [0.15, 0.2) is 42.4 Å². The summed E-state index contributed by atoms with van der Waals surface area (Å²) in [6.07, 6.45) is 0.789. The number of rotatable bonds is 3. The lowest BCUT2D eigenvalue weighted by atomic mass is 9.76. The van der Waals surface area contributed by atoms with Crippen molar-refractivity contribution in [1.29, 1.82) is 0 Å². The maximum atomic E-state index is 5.98. The van der Waals surface area contributed by atoms with Gasteiger partial charge in [0, 0.05) is 0 Å². The Hall–Kier alpha value is -1.06. The van der Waals surface area contributed by atoms with Gasteiger partial charge in [-0.1, -0.05) is 30.3 Å². The third-order valence-corrected chi connectivity index (χ3v) is 3.86. The van der Waals surface area contributed by atoms with Gasteiger partial charge in [0.2, 0.25) is 0 Å². The van der Waals surface area contributed by atoms with Gasteiger partial charge in [-0.2, -0.15) is 0 Å². The Morgan fingerprint density at radius 2 is 1.56 bits per heavy atom. The summed E-state index contributed by atoms with van der Waals surface area (Å²) in [6, 6.07) is 10.3. The van der Waals surface area contributed by atoms with E-state index >= 15 is 0 Å². The summed E-state index contributed by atoms with van der Waals surface area (Å²) >= 11 is 0. The van der Waals surface area contributed by atoms with Crippen LogP contribution in [0.1, 0.15) is 33.3 Å². The van der Waals surface area contributed by atoms with Crippen molar-refractivity contribution in [3.05, 3.63) is 47.9 Å². The van der Waals surface area contributed by atoms with E-state index in [4.69, 9.17) is 9.31 Å². The fourth-order valence-corrected chi connectivity index (χ4v) is 1.95. The van der Waals surface area contributed by atoms with E-state index in [0.717, 1.165) is 11.9 Å². The highest BCUT2D eigenvalue weighted by Crippen LogP contribution is 2.38. The first kappa shape index (κ1) is 13.4. The van der Waals surface area contributed by atoms with E-state index in [-0.39, 0.29) is 18.3 Å². The van der Waals surface area contributed by atoms with Crippen LogP contribution in [0.2, 0.25) is 0 Å². The summed E-state index contributed by atoms with van der Waals surface area (Å²) in [7, 11) is -0.310. The molecule has 1 aliphatic heterocycles. The largest absolute Gasteiger partial charge is 0.490 e. The van der Waals surface area contributed by atoms with Crippen LogP contribution < -0.4 is 0 Å². The Balaban J connectivity index is 2.04. The summed E-state index contributed by atoms with van der Waals surface area (Å²) in [5.41, 5.74) is 1.62. The highest BCUT2D eigenvalue weighted by Gasteiger charge is 2.51. The molecule has 1 saturated heterocycles. The quantitative estimate of drug-likeness (QED) is 0.758. The monoisotopic (exact) mass is 244 g/mol. The van der Waals surface area contributed by atoms with Crippen LogP contribution in [-0.4, -0.2) is 18.3 Å². The highest BCUT2D eigenvalue weighted by atomic mass is 16.7. The molecule has 2 nitrogen and oxygen atoms in total. The Kier molecular flexibility index (Phi) is 3.39. The fourth-order valence-electron chi connectivity index (χ4n) is 1.95. The van der Waals surface area contributed by atoms with E-state index in [0.29, 0.717) is 0 Å². The predicted octanol–water partition coefficient (Wildman–Crippen LogP) is 3.42. The van der Waals surface area contributed by atoms with Crippen LogP contribution in [-0.2, 0) is 15.7 Å². The van der Waals surface area contributed by atoms with Gasteiger partial charge in [-0.3, -0.25) is 0 Å². The third-order valence-electron chi connectivity index (χ3n) is 3.86. The number of allylic oxidation sites excluding steroid dienone is 1. The zero-order valence-electron chi connectivity index (χ0n) is 11.7. The summed E-state index contributed by atoms with van der Waals surface area (Å²) < 4.78 is 12.0. The van der Waals surface area contributed by atoms with Crippen molar-refractivity contribution in [2.45, 2.75) is 45.3 Å². The van der Waals surface area contributed by atoms with Crippen molar-refractivity contribution in [2.24, 2.45) is 0 Å². The molecule has 2 rings (SSSR count). The molecule has 1 heterocycles. The molecule has 0 spiro atoms. The van der Waals surface area contributed by atoms with Gasteiger partial charge < -0.3 is 9.31 Å². The van der Waals surface area contributed by atoms with E-state index in [1.54, 1.807) is 0 Å². The first-order valence-corrected chi connectivity index (χ1v) is 6.39. The molecule has 0 aliphatic carbocycles. The molecule has 0 atom stereocenters. The van der Waals surface area contributed by atoms with Gasteiger partial charge in [0.15, 0.2) is 0 Å². The zero-order valence-corrected chi connectivity index (χ0v) is 11.7. The summed E-state index contributed by atoms with van der Waals surface area (Å²) in [6.45, 7) is 12.3.